The van der Waals surface area contributed by atoms with Crippen LogP contribution >= 0.6 is 0 Å². The first-order valence-electron chi connectivity index (χ1n) is 6.71. The number of benzene rings is 1. The van der Waals surface area contributed by atoms with Crippen molar-refractivity contribution in [1.82, 2.24) is 4.72 Å². The molecule has 2 N–H and O–H groups in total. The van der Waals surface area contributed by atoms with Gasteiger partial charge in [0.25, 0.3) is 0 Å². The van der Waals surface area contributed by atoms with E-state index in [1.54, 1.807) is 6.07 Å². The summed E-state index contributed by atoms with van der Waals surface area (Å²) in [4.78, 5) is 11.1. The summed E-state index contributed by atoms with van der Waals surface area (Å²) in [5.74, 6) is -1.14. The molecule has 1 aromatic rings. The van der Waals surface area contributed by atoms with E-state index in [2.05, 4.69) is 4.72 Å². The van der Waals surface area contributed by atoms with Crippen molar-refractivity contribution < 1.29 is 23.1 Å². The first-order chi connectivity index (χ1) is 9.77. The maximum atomic E-state index is 12.4. The second-order valence-electron chi connectivity index (χ2n) is 5.61. The molecule has 21 heavy (non-hydrogen) atoms. The SMILES string of the molecule is CCc1ccc(C(=O)O)cc1S(=O)(=O)NCC1(C)COC1. The number of aromatic carboxylic acids is 1. The van der Waals surface area contributed by atoms with E-state index < -0.39 is 16.0 Å². The van der Waals surface area contributed by atoms with Crippen molar-refractivity contribution in [2.24, 2.45) is 5.41 Å². The summed E-state index contributed by atoms with van der Waals surface area (Å²) < 4.78 is 32.5. The summed E-state index contributed by atoms with van der Waals surface area (Å²) in [5, 5.41) is 9.01. The second-order valence-corrected chi connectivity index (χ2v) is 7.34. The second kappa shape index (κ2) is 5.75. The Kier molecular flexibility index (Phi) is 4.36. The van der Waals surface area contributed by atoms with Gasteiger partial charge in [0.2, 0.25) is 10.0 Å². The van der Waals surface area contributed by atoms with E-state index in [0.29, 0.717) is 25.2 Å². The molecule has 1 aliphatic rings. The standard InChI is InChI=1S/C14H19NO5S/c1-3-10-4-5-11(13(16)17)6-12(10)21(18,19)15-7-14(2)8-20-9-14/h4-6,15H,3,7-9H2,1-2H3,(H,16,17). The lowest BCUT2D eigenvalue weighted by atomic mass is 9.89. The van der Waals surface area contributed by atoms with Crippen molar-refractivity contribution in [2.75, 3.05) is 19.8 Å². The van der Waals surface area contributed by atoms with Gasteiger partial charge in [0.1, 0.15) is 0 Å². The molecule has 1 fully saturated rings. The van der Waals surface area contributed by atoms with Crippen LogP contribution in [0.1, 0.15) is 29.8 Å². The maximum Gasteiger partial charge on any atom is 0.335 e. The van der Waals surface area contributed by atoms with E-state index in [1.807, 2.05) is 13.8 Å². The molecule has 0 spiro atoms. The minimum absolute atomic E-state index is 0.0359. The Balaban J connectivity index is 2.29. The molecule has 0 aliphatic carbocycles. The van der Waals surface area contributed by atoms with Crippen molar-refractivity contribution in [3.8, 4) is 0 Å². The van der Waals surface area contributed by atoms with Crippen molar-refractivity contribution in [3.05, 3.63) is 29.3 Å². The molecule has 0 bridgehead atoms. The molecule has 0 saturated carbocycles. The smallest absolute Gasteiger partial charge is 0.335 e. The summed E-state index contributed by atoms with van der Waals surface area (Å²) in [5.41, 5.74) is 0.373. The van der Waals surface area contributed by atoms with Gasteiger partial charge in [0.05, 0.1) is 23.7 Å². The van der Waals surface area contributed by atoms with Crippen LogP contribution in [-0.4, -0.2) is 39.3 Å². The molecular formula is C14H19NO5S. The lowest BCUT2D eigenvalue weighted by molar-refractivity contribution is -0.0965. The molecule has 0 radical (unpaired) electrons. The zero-order valence-electron chi connectivity index (χ0n) is 12.0. The van der Waals surface area contributed by atoms with E-state index in [9.17, 15) is 13.2 Å². The maximum absolute atomic E-state index is 12.4. The Morgan fingerprint density at radius 2 is 2.10 bits per heavy atom. The highest BCUT2D eigenvalue weighted by Gasteiger charge is 2.35. The van der Waals surface area contributed by atoms with Gasteiger partial charge in [0, 0.05) is 12.0 Å². The van der Waals surface area contributed by atoms with E-state index in [-0.39, 0.29) is 22.4 Å². The van der Waals surface area contributed by atoms with E-state index in [0.717, 1.165) is 0 Å². The van der Waals surface area contributed by atoms with Gasteiger partial charge in [0.15, 0.2) is 0 Å². The van der Waals surface area contributed by atoms with Crippen molar-refractivity contribution in [1.29, 1.82) is 0 Å². The van der Waals surface area contributed by atoms with Crippen molar-refractivity contribution >= 4 is 16.0 Å². The number of nitrogens with one attached hydrogen (secondary N) is 1. The normalized spacial score (nSPS) is 17.2. The number of carbonyl (C=O) groups is 1. The average molecular weight is 313 g/mol. The predicted molar refractivity (Wildman–Crippen MR) is 76.9 cm³/mol. The Labute approximate surface area is 124 Å². The van der Waals surface area contributed by atoms with Crippen LogP contribution in [0.25, 0.3) is 0 Å². The average Bonchev–Trinajstić information content (AvgIpc) is 2.42. The van der Waals surface area contributed by atoms with Gasteiger partial charge < -0.3 is 9.84 Å². The lowest BCUT2D eigenvalue weighted by Crippen LogP contribution is -2.48. The number of ether oxygens (including phenoxy) is 1. The molecule has 1 heterocycles. The number of carboxylic acid groups (broad SMARTS) is 1. The first-order valence-corrected chi connectivity index (χ1v) is 8.19. The number of aryl methyl sites for hydroxylation is 1. The van der Waals surface area contributed by atoms with Gasteiger partial charge in [-0.1, -0.05) is 19.9 Å². The summed E-state index contributed by atoms with van der Waals surface area (Å²) in [7, 11) is -3.74. The van der Waals surface area contributed by atoms with Crippen LogP contribution in [0.3, 0.4) is 0 Å². The molecular weight excluding hydrogens is 294 g/mol. The quantitative estimate of drug-likeness (QED) is 0.825. The monoisotopic (exact) mass is 313 g/mol. The molecule has 0 amide bonds. The lowest BCUT2D eigenvalue weighted by Gasteiger charge is -2.38. The van der Waals surface area contributed by atoms with E-state index >= 15 is 0 Å². The minimum Gasteiger partial charge on any atom is -0.478 e. The van der Waals surface area contributed by atoms with Crippen LogP contribution in [0.15, 0.2) is 23.1 Å². The predicted octanol–water partition coefficient (Wildman–Crippen LogP) is 1.26. The number of hydrogen-bond acceptors (Lipinski definition) is 4. The highest BCUT2D eigenvalue weighted by Crippen LogP contribution is 2.26. The van der Waals surface area contributed by atoms with Crippen LogP contribution in [0, 0.1) is 5.41 Å². The molecule has 1 saturated heterocycles. The highest BCUT2D eigenvalue weighted by molar-refractivity contribution is 7.89. The fourth-order valence-corrected chi connectivity index (χ4v) is 3.66. The molecule has 1 aromatic carbocycles. The fourth-order valence-electron chi connectivity index (χ4n) is 2.13. The molecule has 2 rings (SSSR count). The van der Waals surface area contributed by atoms with Crippen LogP contribution in [0.5, 0.6) is 0 Å². The van der Waals surface area contributed by atoms with Crippen molar-refractivity contribution in [3.63, 3.8) is 0 Å². The minimum atomic E-state index is -3.74. The molecule has 1 aliphatic heterocycles. The largest absolute Gasteiger partial charge is 0.478 e. The molecule has 7 heteroatoms. The number of sulfonamides is 1. The summed E-state index contributed by atoms with van der Waals surface area (Å²) in [6.45, 7) is 5.08. The summed E-state index contributed by atoms with van der Waals surface area (Å²) in [6.07, 6.45) is 0.510. The fraction of sp³-hybridized carbons (Fsp3) is 0.500. The van der Waals surface area contributed by atoms with Crippen LogP contribution < -0.4 is 4.72 Å². The highest BCUT2D eigenvalue weighted by atomic mass is 32.2. The van der Waals surface area contributed by atoms with Gasteiger partial charge in [-0.15, -0.1) is 0 Å². The van der Waals surface area contributed by atoms with Gasteiger partial charge in [-0.2, -0.15) is 0 Å². The van der Waals surface area contributed by atoms with Crippen LogP contribution in [0.4, 0.5) is 0 Å². The van der Waals surface area contributed by atoms with Gasteiger partial charge in [-0.3, -0.25) is 0 Å². The number of carboxylic acids is 1. The first kappa shape index (κ1) is 15.9. The molecule has 116 valence electrons. The van der Waals surface area contributed by atoms with E-state index in [1.165, 1.54) is 12.1 Å². The van der Waals surface area contributed by atoms with Gasteiger partial charge in [-0.25, -0.2) is 17.9 Å². The van der Waals surface area contributed by atoms with Crippen LogP contribution in [0.2, 0.25) is 0 Å². The van der Waals surface area contributed by atoms with Crippen LogP contribution in [-0.2, 0) is 21.2 Å². The van der Waals surface area contributed by atoms with Gasteiger partial charge >= 0.3 is 5.97 Å². The zero-order valence-corrected chi connectivity index (χ0v) is 12.9. The summed E-state index contributed by atoms with van der Waals surface area (Å²) >= 11 is 0. The molecule has 6 nitrogen and oxygen atoms in total. The third-order valence-corrected chi connectivity index (χ3v) is 5.06. The van der Waals surface area contributed by atoms with E-state index in [4.69, 9.17) is 9.84 Å². The van der Waals surface area contributed by atoms with Gasteiger partial charge in [-0.05, 0) is 24.1 Å². The summed E-state index contributed by atoms with van der Waals surface area (Å²) in [6, 6.07) is 4.18. The Morgan fingerprint density at radius 3 is 2.57 bits per heavy atom. The number of rotatable bonds is 6. The molecule has 0 unspecified atom stereocenters. The molecule has 0 atom stereocenters. The third-order valence-electron chi connectivity index (χ3n) is 3.57. The zero-order chi connectivity index (χ0) is 15.7. The van der Waals surface area contributed by atoms with Crippen molar-refractivity contribution in [2.45, 2.75) is 25.2 Å². The third kappa shape index (κ3) is 3.42. The Morgan fingerprint density at radius 1 is 1.43 bits per heavy atom. The number of hydrogen-bond donors (Lipinski definition) is 2. The molecule has 0 aromatic heterocycles. The Hall–Kier alpha value is -1.44. The Bertz CT molecular complexity index is 649. The topological polar surface area (TPSA) is 92.7 Å².